The maximum absolute atomic E-state index is 13.4. The summed E-state index contributed by atoms with van der Waals surface area (Å²) in [5.74, 6) is -0.569. The molecule has 41 heavy (non-hydrogen) atoms. The summed E-state index contributed by atoms with van der Waals surface area (Å²) in [4.78, 5) is 25.3. The molecule has 3 unspecified atom stereocenters. The number of carboxylic acids is 1. The van der Waals surface area contributed by atoms with Crippen LogP contribution in [0.4, 0.5) is 0 Å². The van der Waals surface area contributed by atoms with Crippen molar-refractivity contribution in [3.05, 3.63) is 59.2 Å². The van der Waals surface area contributed by atoms with Crippen LogP contribution in [0.15, 0.2) is 42.5 Å². The van der Waals surface area contributed by atoms with E-state index in [0.29, 0.717) is 29.2 Å². The van der Waals surface area contributed by atoms with Gasteiger partial charge in [-0.05, 0) is 78.0 Å². The van der Waals surface area contributed by atoms with Crippen molar-refractivity contribution in [2.24, 2.45) is 17.6 Å². The minimum absolute atomic E-state index is 0. The van der Waals surface area contributed by atoms with Crippen molar-refractivity contribution in [1.29, 1.82) is 0 Å². The van der Waals surface area contributed by atoms with Crippen LogP contribution in [0.25, 0.3) is 11.1 Å². The number of nitrogens with two attached hydrogens (primary N) is 1. The number of aliphatic carboxylic acids is 1. The van der Waals surface area contributed by atoms with Crippen LogP contribution in [0.2, 0.25) is 0 Å². The Kier molecular flexibility index (Phi) is 14.5. The third-order valence-corrected chi connectivity index (χ3v) is 10.6. The molecule has 1 saturated carbocycles. The smallest absolute Gasteiger partial charge is 1.00 e. The molecule has 1 aliphatic carbocycles. The van der Waals surface area contributed by atoms with Gasteiger partial charge in [-0.3, -0.25) is 4.79 Å². The summed E-state index contributed by atoms with van der Waals surface area (Å²) in [6.07, 6.45) is 8.74. The van der Waals surface area contributed by atoms with E-state index in [9.17, 15) is 23.1 Å². The van der Waals surface area contributed by atoms with Gasteiger partial charge in [-0.1, -0.05) is 69.4 Å². The number of rotatable bonds is 14. The zero-order chi connectivity index (χ0) is 29.3. The number of amides is 1. The first-order valence-corrected chi connectivity index (χ1v) is 17.5. The molecule has 3 atom stereocenters. The van der Waals surface area contributed by atoms with Gasteiger partial charge < -0.3 is 17.6 Å². The Labute approximate surface area is 263 Å². The summed E-state index contributed by atoms with van der Waals surface area (Å²) in [6.45, 7) is 3.63. The Bertz CT molecular complexity index is 1270. The number of benzene rings is 2. The van der Waals surface area contributed by atoms with E-state index >= 15 is 0 Å². The Balaban J connectivity index is 0.00000441. The molecule has 3 rings (SSSR count). The predicted octanol–water partition coefficient (Wildman–Crippen LogP) is 2.74. The maximum atomic E-state index is 13.4. The quantitative estimate of drug-likeness (QED) is 0.286. The molecular formula is C31H45LiN2O5S2. The molecule has 0 saturated heterocycles. The first-order chi connectivity index (χ1) is 19.1. The number of thioether (sulfide) groups is 1. The van der Waals surface area contributed by atoms with E-state index in [0.717, 1.165) is 36.0 Å². The van der Waals surface area contributed by atoms with Gasteiger partial charge in [0.1, 0.15) is 15.9 Å². The normalized spacial score (nSPS) is 16.3. The molecule has 1 amide bonds. The Morgan fingerprint density at radius 1 is 1.12 bits per heavy atom. The molecule has 2 aromatic carbocycles. The van der Waals surface area contributed by atoms with Crippen LogP contribution >= 0.6 is 11.8 Å². The number of nitrogens with one attached hydrogen (secondary N) is 1. The van der Waals surface area contributed by atoms with Crippen LogP contribution in [0.5, 0.6) is 0 Å². The van der Waals surface area contributed by atoms with Gasteiger partial charge in [0, 0.05) is 17.4 Å². The Morgan fingerprint density at radius 3 is 2.41 bits per heavy atom. The van der Waals surface area contributed by atoms with Crippen LogP contribution in [-0.4, -0.2) is 55.0 Å². The van der Waals surface area contributed by atoms with Crippen LogP contribution in [-0.2, 0) is 14.6 Å². The Hall–Kier alpha value is -1.76. The number of carbonyl (C=O) groups is 2. The molecule has 2 aromatic rings. The van der Waals surface area contributed by atoms with E-state index in [2.05, 4.69) is 5.32 Å². The molecule has 0 heterocycles. The van der Waals surface area contributed by atoms with Crippen molar-refractivity contribution in [1.82, 2.24) is 5.32 Å². The van der Waals surface area contributed by atoms with Crippen LogP contribution < -0.4 is 29.9 Å². The van der Waals surface area contributed by atoms with Gasteiger partial charge in [0.25, 0.3) is 5.91 Å². The molecule has 0 aliphatic heterocycles. The monoisotopic (exact) mass is 596 g/mol. The van der Waals surface area contributed by atoms with Gasteiger partial charge in [0.15, 0.2) is 0 Å². The summed E-state index contributed by atoms with van der Waals surface area (Å²) in [5, 5.41) is 12.4. The molecule has 222 valence electrons. The first-order valence-electron chi connectivity index (χ1n) is 14.2. The second-order valence-corrected chi connectivity index (χ2v) is 14.4. The van der Waals surface area contributed by atoms with Crippen molar-refractivity contribution in [3.63, 3.8) is 0 Å². The fraction of sp³-hybridized carbons (Fsp3) is 0.548. The number of hydrogen-bond acceptors (Lipinski definition) is 6. The molecule has 7 nitrogen and oxygen atoms in total. The van der Waals surface area contributed by atoms with E-state index < -0.39 is 33.8 Å². The third-order valence-electron chi connectivity index (χ3n) is 8.10. The maximum Gasteiger partial charge on any atom is 1.00 e. The van der Waals surface area contributed by atoms with Gasteiger partial charge in [-0.25, -0.2) is 13.2 Å². The zero-order valence-corrected chi connectivity index (χ0v) is 26.5. The van der Waals surface area contributed by atoms with Crippen molar-refractivity contribution in [2.45, 2.75) is 70.9 Å². The van der Waals surface area contributed by atoms with Gasteiger partial charge in [0.05, 0.1) is 5.75 Å². The van der Waals surface area contributed by atoms with Crippen molar-refractivity contribution < 1.29 is 43.4 Å². The molecule has 0 spiro atoms. The molecule has 1 aliphatic rings. The first kappa shape index (κ1) is 35.4. The van der Waals surface area contributed by atoms with E-state index in [-0.39, 0.29) is 37.7 Å². The summed E-state index contributed by atoms with van der Waals surface area (Å²) in [6, 6.07) is 11.6. The van der Waals surface area contributed by atoms with Gasteiger partial charge in [-0.2, -0.15) is 11.8 Å². The topological polar surface area (TPSA) is 127 Å². The summed E-state index contributed by atoms with van der Waals surface area (Å²) in [5.41, 5.74) is 10.5. The number of hydrogen-bond donors (Lipinski definition) is 3. The van der Waals surface area contributed by atoms with E-state index in [4.69, 9.17) is 5.73 Å². The van der Waals surface area contributed by atoms with Crippen molar-refractivity contribution in [3.8, 4) is 11.1 Å². The second kappa shape index (κ2) is 16.8. The molecule has 4 N–H and O–H groups in total. The minimum Gasteiger partial charge on any atom is -1.00 e. The molecule has 0 aromatic heterocycles. The fourth-order valence-electron chi connectivity index (χ4n) is 5.68. The van der Waals surface area contributed by atoms with Crippen molar-refractivity contribution >= 4 is 33.5 Å². The second-order valence-electron chi connectivity index (χ2n) is 11.0. The fourth-order valence-corrected chi connectivity index (χ4v) is 7.38. The SMILES string of the molecule is CCS(=O)(=O)CC(CC1CCCCC1)C(N)c1ccc(C(=O)NC(CCSC)C(=O)O)c(-c2ccccc2C)c1.[H-].[Li+]. The third kappa shape index (κ3) is 10.2. The predicted molar refractivity (Wildman–Crippen MR) is 166 cm³/mol. The van der Waals surface area contributed by atoms with Gasteiger partial charge in [0.2, 0.25) is 0 Å². The van der Waals surface area contributed by atoms with E-state index in [1.54, 1.807) is 19.1 Å². The van der Waals surface area contributed by atoms with Gasteiger partial charge in [-0.15, -0.1) is 0 Å². The average Bonchev–Trinajstić information content (AvgIpc) is 2.94. The number of sulfone groups is 1. The Morgan fingerprint density at radius 2 is 1.80 bits per heavy atom. The van der Waals surface area contributed by atoms with Crippen LogP contribution in [0.1, 0.15) is 80.8 Å². The summed E-state index contributed by atoms with van der Waals surface area (Å²) in [7, 11) is -3.24. The standard InChI is InChI=1S/C31H44N2O5S2.Li.H/c1-4-40(37,38)20-24(18-22-11-6-5-7-12-22)29(32)23-14-15-26(27(19-23)25-13-9-8-10-21(25)2)30(34)33-28(31(35)36)16-17-39-3;;/h8-10,13-15,19,22,24,28-29H,4-7,11-12,16-18,20,32H2,1-3H3,(H,33,34)(H,35,36);;/q;+1;-1. The van der Waals surface area contributed by atoms with Crippen molar-refractivity contribution in [2.75, 3.05) is 23.5 Å². The van der Waals surface area contributed by atoms with E-state index in [1.165, 1.54) is 31.0 Å². The average molecular weight is 597 g/mol. The molecular weight excluding hydrogens is 551 g/mol. The van der Waals surface area contributed by atoms with Crippen LogP contribution in [0.3, 0.4) is 0 Å². The largest absolute Gasteiger partial charge is 1.00 e. The summed E-state index contributed by atoms with van der Waals surface area (Å²) >= 11 is 1.53. The zero-order valence-electron chi connectivity index (χ0n) is 25.9. The molecule has 0 bridgehead atoms. The van der Waals surface area contributed by atoms with Gasteiger partial charge >= 0.3 is 24.8 Å². The number of carbonyl (C=O) groups excluding carboxylic acids is 1. The molecule has 10 heteroatoms. The summed E-state index contributed by atoms with van der Waals surface area (Å²) < 4.78 is 25.5. The van der Waals surface area contributed by atoms with Crippen LogP contribution in [0, 0.1) is 18.8 Å². The minimum atomic E-state index is -3.24. The molecule has 0 radical (unpaired) electrons. The number of carboxylic acid groups (broad SMARTS) is 1. The number of aryl methyl sites for hydroxylation is 1. The molecule has 1 fully saturated rings. The van der Waals surface area contributed by atoms with E-state index in [1.807, 2.05) is 43.5 Å².